The molecule has 1 aliphatic rings. The predicted octanol–water partition coefficient (Wildman–Crippen LogP) is 5.61. The van der Waals surface area contributed by atoms with Crippen LogP contribution in [0.2, 0.25) is 5.02 Å². The predicted molar refractivity (Wildman–Crippen MR) is 155 cm³/mol. The molecule has 0 spiro atoms. The molecular formula is C32H26ClN3O5. The van der Waals surface area contributed by atoms with Crippen LogP contribution in [0, 0.1) is 0 Å². The third kappa shape index (κ3) is 5.14. The lowest BCUT2D eigenvalue weighted by Gasteiger charge is -2.26. The molecule has 0 bridgehead atoms. The maximum atomic E-state index is 13.4. The Morgan fingerprint density at radius 2 is 1.66 bits per heavy atom. The Balaban J connectivity index is 1.30. The third-order valence-corrected chi connectivity index (χ3v) is 7.49. The van der Waals surface area contributed by atoms with E-state index in [9.17, 15) is 15.0 Å². The number of aliphatic hydroxyl groups excluding tert-OH is 2. The van der Waals surface area contributed by atoms with E-state index in [1.807, 2.05) is 42.5 Å². The van der Waals surface area contributed by atoms with Crippen LogP contribution < -0.4 is 0 Å². The normalized spacial score (nSPS) is 21.0. The molecule has 0 amide bonds. The molecule has 8 nitrogen and oxygen atoms in total. The third-order valence-electron chi connectivity index (χ3n) is 7.24. The SMILES string of the molecule is C=Cc1ncnc2c1ccn2[C@@H]1O[C@H]([C@H](OC(=O)c2ccc(-c3ccccc3)cc2)c2ccc(Cl)cc2)[C@@H](O)[C@H]1O. The second kappa shape index (κ2) is 11.3. The molecule has 3 heterocycles. The second-order valence-electron chi connectivity index (χ2n) is 9.72. The van der Waals surface area contributed by atoms with Gasteiger partial charge in [-0.3, -0.25) is 0 Å². The first kappa shape index (κ1) is 26.9. The molecule has 5 aromatic rings. The summed E-state index contributed by atoms with van der Waals surface area (Å²) in [5.74, 6) is -0.604. The second-order valence-corrected chi connectivity index (χ2v) is 10.2. The van der Waals surface area contributed by atoms with Crippen molar-refractivity contribution in [2.75, 3.05) is 0 Å². The van der Waals surface area contributed by atoms with Gasteiger partial charge in [0, 0.05) is 16.6 Å². The summed E-state index contributed by atoms with van der Waals surface area (Å²) in [6, 6.07) is 25.4. The fourth-order valence-corrected chi connectivity index (χ4v) is 5.24. The molecule has 5 atom stereocenters. The number of nitrogens with zero attached hydrogens (tertiary/aromatic N) is 3. The van der Waals surface area contributed by atoms with Crippen LogP contribution >= 0.6 is 11.6 Å². The van der Waals surface area contributed by atoms with E-state index in [1.165, 1.54) is 6.33 Å². The lowest BCUT2D eigenvalue weighted by Crippen LogP contribution is -2.36. The molecule has 9 heteroatoms. The van der Waals surface area contributed by atoms with Gasteiger partial charge in [-0.2, -0.15) is 0 Å². The van der Waals surface area contributed by atoms with Gasteiger partial charge in [0.1, 0.15) is 30.3 Å². The van der Waals surface area contributed by atoms with Crippen molar-refractivity contribution in [3.05, 3.63) is 126 Å². The average Bonchev–Trinajstić information content (AvgIpc) is 3.57. The smallest absolute Gasteiger partial charge is 0.338 e. The first-order valence-electron chi connectivity index (χ1n) is 13.0. The van der Waals surface area contributed by atoms with Crippen molar-refractivity contribution in [1.29, 1.82) is 0 Å². The van der Waals surface area contributed by atoms with Gasteiger partial charge in [0.05, 0.1) is 11.3 Å². The Labute approximate surface area is 241 Å². The summed E-state index contributed by atoms with van der Waals surface area (Å²) in [5, 5.41) is 23.5. The molecule has 0 saturated carbocycles. The van der Waals surface area contributed by atoms with E-state index in [-0.39, 0.29) is 0 Å². The molecule has 3 aromatic carbocycles. The van der Waals surface area contributed by atoms with Crippen LogP contribution in [0.1, 0.15) is 33.9 Å². The summed E-state index contributed by atoms with van der Waals surface area (Å²) in [4.78, 5) is 21.9. The minimum atomic E-state index is -1.38. The van der Waals surface area contributed by atoms with Crippen molar-refractivity contribution in [2.45, 2.75) is 30.6 Å². The summed E-state index contributed by atoms with van der Waals surface area (Å²) >= 11 is 6.11. The van der Waals surface area contributed by atoms with Crippen LogP contribution in [0.15, 0.2) is 104 Å². The molecule has 0 aliphatic carbocycles. The van der Waals surface area contributed by atoms with Crippen LogP contribution in [0.4, 0.5) is 0 Å². The highest BCUT2D eigenvalue weighted by molar-refractivity contribution is 6.30. The highest BCUT2D eigenvalue weighted by atomic mass is 35.5. The van der Waals surface area contributed by atoms with Crippen molar-refractivity contribution in [3.63, 3.8) is 0 Å². The zero-order valence-corrected chi connectivity index (χ0v) is 22.5. The first-order valence-corrected chi connectivity index (χ1v) is 13.4. The van der Waals surface area contributed by atoms with Crippen LogP contribution in [0.5, 0.6) is 0 Å². The number of ether oxygens (including phenoxy) is 2. The minimum Gasteiger partial charge on any atom is -0.451 e. The zero-order chi connectivity index (χ0) is 28.5. The van der Waals surface area contributed by atoms with Gasteiger partial charge < -0.3 is 24.3 Å². The number of benzene rings is 3. The molecule has 1 saturated heterocycles. The molecule has 6 rings (SSSR count). The van der Waals surface area contributed by atoms with E-state index in [2.05, 4.69) is 16.5 Å². The number of halogens is 1. The maximum Gasteiger partial charge on any atom is 0.338 e. The number of aliphatic hydroxyl groups is 2. The zero-order valence-electron chi connectivity index (χ0n) is 21.7. The number of esters is 1. The van der Waals surface area contributed by atoms with E-state index in [1.54, 1.807) is 59.3 Å². The van der Waals surface area contributed by atoms with Crippen LogP contribution in [-0.2, 0) is 9.47 Å². The summed E-state index contributed by atoms with van der Waals surface area (Å²) in [6.45, 7) is 3.78. The molecule has 1 fully saturated rings. The Morgan fingerprint density at radius 3 is 2.37 bits per heavy atom. The topological polar surface area (TPSA) is 107 Å². The fourth-order valence-electron chi connectivity index (χ4n) is 5.11. The summed E-state index contributed by atoms with van der Waals surface area (Å²) < 4.78 is 13.8. The molecule has 41 heavy (non-hydrogen) atoms. The molecule has 2 N–H and O–H groups in total. The van der Waals surface area contributed by atoms with Gasteiger partial charge in [-0.25, -0.2) is 14.8 Å². The van der Waals surface area contributed by atoms with E-state index in [0.717, 1.165) is 16.5 Å². The summed E-state index contributed by atoms with van der Waals surface area (Å²) in [5.41, 5.74) is 4.00. The van der Waals surface area contributed by atoms with Gasteiger partial charge in [-0.1, -0.05) is 72.8 Å². The fraction of sp³-hybridized carbons (Fsp3) is 0.156. The van der Waals surface area contributed by atoms with E-state index >= 15 is 0 Å². The number of fused-ring (bicyclic) bond motifs is 1. The van der Waals surface area contributed by atoms with E-state index in [4.69, 9.17) is 21.1 Å². The van der Waals surface area contributed by atoms with Crippen LogP contribution in [0.3, 0.4) is 0 Å². The Hall–Kier alpha value is -4.34. The largest absolute Gasteiger partial charge is 0.451 e. The maximum absolute atomic E-state index is 13.4. The number of carbonyl (C=O) groups is 1. The van der Waals surface area contributed by atoms with Crippen molar-refractivity contribution >= 4 is 34.7 Å². The Morgan fingerprint density at radius 1 is 0.951 bits per heavy atom. The number of aromatic nitrogens is 3. The lowest BCUT2D eigenvalue weighted by molar-refractivity contribution is -0.0916. The van der Waals surface area contributed by atoms with Crippen LogP contribution in [0.25, 0.3) is 28.2 Å². The monoisotopic (exact) mass is 567 g/mol. The average molecular weight is 568 g/mol. The van der Waals surface area contributed by atoms with Gasteiger partial charge in [-0.15, -0.1) is 0 Å². The van der Waals surface area contributed by atoms with E-state index < -0.39 is 36.6 Å². The highest BCUT2D eigenvalue weighted by Gasteiger charge is 2.49. The van der Waals surface area contributed by atoms with Crippen molar-refractivity contribution in [1.82, 2.24) is 14.5 Å². The molecule has 0 radical (unpaired) electrons. The van der Waals surface area contributed by atoms with E-state index in [0.29, 0.717) is 27.5 Å². The number of hydrogen-bond donors (Lipinski definition) is 2. The van der Waals surface area contributed by atoms with Gasteiger partial charge >= 0.3 is 5.97 Å². The van der Waals surface area contributed by atoms with Crippen molar-refractivity contribution < 1.29 is 24.5 Å². The minimum absolute atomic E-state index is 0.332. The quantitative estimate of drug-likeness (QED) is 0.246. The molecule has 0 unspecified atom stereocenters. The van der Waals surface area contributed by atoms with Gasteiger partial charge in [0.25, 0.3) is 0 Å². The standard InChI is InChI=1S/C32H26ClN3O5/c1-2-25-24-16-17-36(30(24)35-18-34-25)31-27(38)26(37)29(40-31)28(21-12-14-23(33)15-13-21)41-32(39)22-10-8-20(9-11-22)19-6-4-3-5-7-19/h2-18,26-29,31,37-38H,1H2/t26-,27+,28+,29-,31+/m0/s1. The molecule has 1 aliphatic heterocycles. The van der Waals surface area contributed by atoms with Gasteiger partial charge in [-0.05, 0) is 53.1 Å². The first-order chi connectivity index (χ1) is 19.9. The molecular weight excluding hydrogens is 542 g/mol. The number of rotatable bonds is 7. The Bertz CT molecular complexity index is 1690. The summed E-state index contributed by atoms with van der Waals surface area (Å²) in [7, 11) is 0. The molecule has 2 aromatic heterocycles. The Kier molecular flexibility index (Phi) is 7.38. The number of carbonyl (C=O) groups excluding carboxylic acids is 1. The number of hydrogen-bond acceptors (Lipinski definition) is 7. The van der Waals surface area contributed by atoms with Gasteiger partial charge in [0.15, 0.2) is 12.3 Å². The summed E-state index contributed by atoms with van der Waals surface area (Å²) in [6.07, 6.45) is -1.16. The van der Waals surface area contributed by atoms with Crippen molar-refractivity contribution in [3.8, 4) is 11.1 Å². The lowest BCUT2D eigenvalue weighted by atomic mass is 9.98. The van der Waals surface area contributed by atoms with Crippen LogP contribution in [-0.4, -0.2) is 49.0 Å². The highest BCUT2D eigenvalue weighted by Crippen LogP contribution is 2.40. The van der Waals surface area contributed by atoms with Crippen molar-refractivity contribution in [2.24, 2.45) is 0 Å². The molecule has 206 valence electrons. The van der Waals surface area contributed by atoms with Gasteiger partial charge in [0.2, 0.25) is 0 Å².